The molecule has 0 spiro atoms. The summed E-state index contributed by atoms with van der Waals surface area (Å²) in [4.78, 5) is 0. The summed E-state index contributed by atoms with van der Waals surface area (Å²) < 4.78 is 22.8. The molecule has 0 aromatic rings. The lowest BCUT2D eigenvalue weighted by Gasteiger charge is -1.89. The molecule has 0 amide bonds. The first-order valence-corrected chi connectivity index (χ1v) is 3.74. The Labute approximate surface area is 66.6 Å². The quantitative estimate of drug-likeness (QED) is 0.423. The number of halogens is 2. The summed E-state index contributed by atoms with van der Waals surface area (Å²) >= 11 is 0. The molecule has 0 rings (SSSR count). The molecule has 0 saturated heterocycles. The van der Waals surface area contributed by atoms with Crippen molar-refractivity contribution >= 4 is 0 Å². The number of rotatable bonds is 5. The van der Waals surface area contributed by atoms with Gasteiger partial charge in [-0.25, -0.2) is 0 Å². The van der Waals surface area contributed by atoms with E-state index in [0.717, 1.165) is 31.8 Å². The summed E-state index contributed by atoms with van der Waals surface area (Å²) in [7, 11) is 0. The molecule has 0 N–H and O–H groups in total. The standard InChI is InChI=1S/C9H13F2/c1-2-3-4-5-6-7-8-9(10)11/h6-8H,1-5H2. The average molecular weight is 159 g/mol. The van der Waals surface area contributed by atoms with Gasteiger partial charge in [-0.05, 0) is 12.8 Å². The van der Waals surface area contributed by atoms with Crippen molar-refractivity contribution in [2.45, 2.75) is 25.7 Å². The van der Waals surface area contributed by atoms with Gasteiger partial charge in [0.25, 0.3) is 6.08 Å². The molecule has 0 atom stereocenters. The summed E-state index contributed by atoms with van der Waals surface area (Å²) in [6.07, 6.45) is 6.17. The van der Waals surface area contributed by atoms with Crippen LogP contribution in [0.15, 0.2) is 24.3 Å². The molecule has 0 aliphatic carbocycles. The van der Waals surface area contributed by atoms with Crippen LogP contribution in [0.5, 0.6) is 0 Å². The number of hydrogen-bond donors (Lipinski definition) is 0. The van der Waals surface area contributed by atoms with Crippen LogP contribution in [-0.4, -0.2) is 0 Å². The molecular weight excluding hydrogens is 146 g/mol. The van der Waals surface area contributed by atoms with Crippen LogP contribution in [0.1, 0.15) is 25.7 Å². The smallest absolute Gasteiger partial charge is 0.173 e. The molecule has 0 nitrogen and oxygen atoms in total. The Balaban J connectivity index is 3.23. The molecule has 0 aliphatic heterocycles. The fourth-order valence-corrected chi connectivity index (χ4v) is 0.676. The Kier molecular flexibility index (Phi) is 7.00. The lowest BCUT2D eigenvalue weighted by molar-refractivity contribution is 0.422. The monoisotopic (exact) mass is 159 g/mol. The van der Waals surface area contributed by atoms with E-state index in [1.807, 2.05) is 0 Å². The van der Waals surface area contributed by atoms with Crippen molar-refractivity contribution in [3.63, 3.8) is 0 Å². The van der Waals surface area contributed by atoms with Crippen molar-refractivity contribution in [2.75, 3.05) is 0 Å². The van der Waals surface area contributed by atoms with Gasteiger partial charge < -0.3 is 0 Å². The van der Waals surface area contributed by atoms with Gasteiger partial charge in [0.1, 0.15) is 0 Å². The maximum Gasteiger partial charge on any atom is 0.270 e. The molecule has 11 heavy (non-hydrogen) atoms. The van der Waals surface area contributed by atoms with E-state index in [1.54, 1.807) is 6.08 Å². The van der Waals surface area contributed by atoms with Crippen LogP contribution in [0.25, 0.3) is 0 Å². The molecule has 0 aliphatic rings. The van der Waals surface area contributed by atoms with Gasteiger partial charge in [-0.15, -0.1) is 0 Å². The predicted octanol–water partition coefficient (Wildman–Crippen LogP) is 3.72. The fourth-order valence-electron chi connectivity index (χ4n) is 0.676. The highest BCUT2D eigenvalue weighted by molar-refractivity contribution is 5.02. The molecule has 0 unspecified atom stereocenters. The van der Waals surface area contributed by atoms with E-state index >= 15 is 0 Å². The van der Waals surface area contributed by atoms with Crippen molar-refractivity contribution < 1.29 is 8.78 Å². The van der Waals surface area contributed by atoms with Crippen molar-refractivity contribution in [1.82, 2.24) is 0 Å². The third kappa shape index (κ3) is 9.34. The second-order valence-electron chi connectivity index (χ2n) is 2.23. The van der Waals surface area contributed by atoms with Gasteiger partial charge in [-0.1, -0.05) is 31.9 Å². The summed E-state index contributed by atoms with van der Waals surface area (Å²) in [6.45, 7) is 3.68. The van der Waals surface area contributed by atoms with Gasteiger partial charge >= 0.3 is 0 Å². The Morgan fingerprint density at radius 2 is 2.00 bits per heavy atom. The van der Waals surface area contributed by atoms with E-state index in [0.29, 0.717) is 0 Å². The molecule has 0 saturated carbocycles. The molecule has 0 aromatic heterocycles. The van der Waals surface area contributed by atoms with Crippen molar-refractivity contribution in [3.05, 3.63) is 31.2 Å². The van der Waals surface area contributed by atoms with Crippen LogP contribution in [0.2, 0.25) is 0 Å². The normalized spacial score (nSPS) is 10.5. The third-order valence-electron chi connectivity index (χ3n) is 1.23. The molecule has 1 radical (unpaired) electrons. The molecular formula is C9H13F2. The first kappa shape index (κ1) is 10.3. The van der Waals surface area contributed by atoms with Gasteiger partial charge in [0.05, 0.1) is 0 Å². The molecule has 0 bridgehead atoms. The van der Waals surface area contributed by atoms with E-state index in [4.69, 9.17) is 0 Å². The van der Waals surface area contributed by atoms with E-state index in [-0.39, 0.29) is 0 Å². The van der Waals surface area contributed by atoms with E-state index in [9.17, 15) is 8.78 Å². The minimum atomic E-state index is -1.64. The van der Waals surface area contributed by atoms with E-state index in [1.165, 1.54) is 6.08 Å². The highest BCUT2D eigenvalue weighted by atomic mass is 19.3. The van der Waals surface area contributed by atoms with Crippen molar-refractivity contribution in [1.29, 1.82) is 0 Å². The SMILES string of the molecule is [CH2]CCCCC=CC=C(F)F. The van der Waals surface area contributed by atoms with Gasteiger partial charge in [0.15, 0.2) is 0 Å². The molecule has 63 valence electrons. The zero-order chi connectivity index (χ0) is 8.53. The maximum absolute atomic E-state index is 11.4. The maximum atomic E-state index is 11.4. The summed E-state index contributed by atoms with van der Waals surface area (Å²) in [5.41, 5.74) is 0. The Bertz CT molecular complexity index is 132. The van der Waals surface area contributed by atoms with Gasteiger partial charge in [-0.3, -0.25) is 0 Å². The lowest BCUT2D eigenvalue weighted by Crippen LogP contribution is -1.69. The van der Waals surface area contributed by atoms with Crippen LogP contribution < -0.4 is 0 Å². The topological polar surface area (TPSA) is 0 Å². The summed E-state index contributed by atoms with van der Waals surface area (Å²) in [6, 6.07) is 0. The highest BCUT2D eigenvalue weighted by Crippen LogP contribution is 2.01. The first-order chi connectivity index (χ1) is 5.27. The third-order valence-corrected chi connectivity index (χ3v) is 1.23. The predicted molar refractivity (Wildman–Crippen MR) is 43.3 cm³/mol. The zero-order valence-electron chi connectivity index (χ0n) is 6.52. The van der Waals surface area contributed by atoms with Crippen LogP contribution in [0, 0.1) is 6.92 Å². The molecule has 0 fully saturated rings. The number of unbranched alkanes of at least 4 members (excludes halogenated alkanes) is 3. The first-order valence-electron chi connectivity index (χ1n) is 3.74. The average Bonchev–Trinajstić information content (AvgIpc) is 1.96. The van der Waals surface area contributed by atoms with Gasteiger partial charge in [0.2, 0.25) is 0 Å². The van der Waals surface area contributed by atoms with Crippen LogP contribution in [0.4, 0.5) is 8.78 Å². The van der Waals surface area contributed by atoms with Crippen LogP contribution >= 0.6 is 0 Å². The molecule has 0 heterocycles. The van der Waals surface area contributed by atoms with Crippen LogP contribution in [-0.2, 0) is 0 Å². The van der Waals surface area contributed by atoms with Gasteiger partial charge in [-0.2, -0.15) is 8.78 Å². The lowest BCUT2D eigenvalue weighted by atomic mass is 10.2. The number of allylic oxidation sites excluding steroid dienone is 3. The summed E-state index contributed by atoms with van der Waals surface area (Å²) in [5.74, 6) is 0. The highest BCUT2D eigenvalue weighted by Gasteiger charge is 1.82. The molecule has 0 aromatic carbocycles. The van der Waals surface area contributed by atoms with Crippen LogP contribution in [0.3, 0.4) is 0 Å². The van der Waals surface area contributed by atoms with Crippen molar-refractivity contribution in [2.24, 2.45) is 0 Å². The van der Waals surface area contributed by atoms with E-state index < -0.39 is 6.08 Å². The fraction of sp³-hybridized carbons (Fsp3) is 0.444. The second kappa shape index (κ2) is 7.45. The number of hydrogen-bond acceptors (Lipinski definition) is 0. The minimum Gasteiger partial charge on any atom is -0.173 e. The zero-order valence-corrected chi connectivity index (χ0v) is 6.52. The van der Waals surface area contributed by atoms with Gasteiger partial charge in [0, 0.05) is 6.08 Å². The Morgan fingerprint density at radius 1 is 1.27 bits per heavy atom. The largest absolute Gasteiger partial charge is 0.270 e. The van der Waals surface area contributed by atoms with E-state index in [2.05, 4.69) is 6.92 Å². The Hall–Kier alpha value is -0.660. The molecule has 2 heteroatoms. The van der Waals surface area contributed by atoms with Crippen molar-refractivity contribution in [3.8, 4) is 0 Å². The summed E-state index contributed by atoms with van der Waals surface area (Å²) in [5, 5.41) is 0. The second-order valence-corrected chi connectivity index (χ2v) is 2.23. The Morgan fingerprint density at radius 3 is 2.55 bits per heavy atom. The minimum absolute atomic E-state index is 0.810.